The first-order chi connectivity index (χ1) is 9.31. The second-order valence-electron chi connectivity index (χ2n) is 3.86. The zero-order valence-corrected chi connectivity index (χ0v) is 11.0. The number of aromatic nitrogens is 4. The molecule has 0 unspecified atom stereocenters. The summed E-state index contributed by atoms with van der Waals surface area (Å²) in [6, 6.07) is 7.70. The van der Waals surface area contributed by atoms with E-state index in [1.165, 1.54) is 0 Å². The summed E-state index contributed by atoms with van der Waals surface area (Å²) < 4.78 is 7.41. The van der Waals surface area contributed by atoms with E-state index in [-0.39, 0.29) is 0 Å². The molecule has 2 aromatic heterocycles. The van der Waals surface area contributed by atoms with Gasteiger partial charge in [-0.25, -0.2) is 4.98 Å². The van der Waals surface area contributed by atoms with E-state index in [2.05, 4.69) is 15.2 Å². The van der Waals surface area contributed by atoms with E-state index >= 15 is 0 Å². The molecule has 3 aromatic rings. The molecule has 3 rings (SSSR count). The highest BCUT2D eigenvalue weighted by molar-refractivity contribution is 6.32. The molecule has 1 aromatic carbocycles. The highest BCUT2D eigenvalue weighted by Gasteiger charge is 2.14. The SMILES string of the molecule is CCOc1ccccc1-c1nnc2c(Cl)nccn12. The van der Waals surface area contributed by atoms with Crippen LogP contribution in [-0.2, 0) is 0 Å². The van der Waals surface area contributed by atoms with Gasteiger partial charge in [-0.3, -0.25) is 4.40 Å². The predicted molar refractivity (Wildman–Crippen MR) is 72.4 cm³/mol. The quantitative estimate of drug-likeness (QED) is 0.737. The fourth-order valence-electron chi connectivity index (χ4n) is 1.91. The second kappa shape index (κ2) is 4.85. The Kier molecular flexibility index (Phi) is 3.05. The molecule has 0 amide bonds. The summed E-state index contributed by atoms with van der Waals surface area (Å²) in [4.78, 5) is 3.98. The number of nitrogens with zero attached hydrogens (tertiary/aromatic N) is 4. The lowest BCUT2D eigenvalue weighted by Gasteiger charge is -2.08. The van der Waals surface area contributed by atoms with Crippen LogP contribution in [0.1, 0.15) is 6.92 Å². The molecule has 0 radical (unpaired) electrons. The molecule has 96 valence electrons. The number of halogens is 1. The normalized spacial score (nSPS) is 10.8. The van der Waals surface area contributed by atoms with Crippen LogP contribution >= 0.6 is 11.6 Å². The average Bonchev–Trinajstić information content (AvgIpc) is 2.85. The van der Waals surface area contributed by atoms with Gasteiger partial charge in [-0.2, -0.15) is 0 Å². The van der Waals surface area contributed by atoms with E-state index in [4.69, 9.17) is 16.3 Å². The number of hydrogen-bond acceptors (Lipinski definition) is 4. The Bertz CT molecular complexity index is 725. The number of hydrogen-bond donors (Lipinski definition) is 0. The van der Waals surface area contributed by atoms with Crippen molar-refractivity contribution < 1.29 is 4.74 Å². The first kappa shape index (κ1) is 11.9. The lowest BCUT2D eigenvalue weighted by molar-refractivity contribution is 0.341. The fraction of sp³-hybridized carbons (Fsp3) is 0.154. The molecule has 0 aliphatic heterocycles. The summed E-state index contributed by atoms with van der Waals surface area (Å²) in [5.74, 6) is 1.45. The third-order valence-electron chi connectivity index (χ3n) is 2.71. The highest BCUT2D eigenvalue weighted by atomic mass is 35.5. The van der Waals surface area contributed by atoms with Gasteiger partial charge in [-0.05, 0) is 19.1 Å². The van der Waals surface area contributed by atoms with Crippen molar-refractivity contribution in [3.8, 4) is 17.1 Å². The van der Waals surface area contributed by atoms with Crippen LogP contribution < -0.4 is 4.74 Å². The Hall–Kier alpha value is -2.14. The van der Waals surface area contributed by atoms with Crippen molar-refractivity contribution >= 4 is 17.2 Å². The van der Waals surface area contributed by atoms with Crippen LogP contribution in [0.25, 0.3) is 17.0 Å². The van der Waals surface area contributed by atoms with Gasteiger partial charge < -0.3 is 4.74 Å². The topological polar surface area (TPSA) is 52.3 Å². The number of ether oxygens (including phenoxy) is 1. The molecule has 6 heteroatoms. The van der Waals surface area contributed by atoms with Gasteiger partial charge in [0.2, 0.25) is 0 Å². The van der Waals surface area contributed by atoms with Crippen molar-refractivity contribution in [1.82, 2.24) is 19.6 Å². The van der Waals surface area contributed by atoms with Gasteiger partial charge in [0.05, 0.1) is 12.2 Å². The van der Waals surface area contributed by atoms with Crippen LogP contribution in [0.3, 0.4) is 0 Å². The maximum atomic E-state index is 5.99. The molecule has 19 heavy (non-hydrogen) atoms. The van der Waals surface area contributed by atoms with E-state index in [1.54, 1.807) is 16.8 Å². The molecule has 0 spiro atoms. The van der Waals surface area contributed by atoms with E-state index in [0.29, 0.717) is 23.2 Å². The van der Waals surface area contributed by atoms with E-state index in [1.807, 2.05) is 31.2 Å². The van der Waals surface area contributed by atoms with Crippen LogP contribution in [0, 0.1) is 0 Å². The molecular formula is C13H11ClN4O. The highest BCUT2D eigenvalue weighted by Crippen LogP contribution is 2.29. The largest absolute Gasteiger partial charge is 0.493 e. The zero-order chi connectivity index (χ0) is 13.2. The summed E-state index contributed by atoms with van der Waals surface area (Å²) in [6.07, 6.45) is 3.39. The van der Waals surface area contributed by atoms with Crippen molar-refractivity contribution in [2.24, 2.45) is 0 Å². The molecule has 0 atom stereocenters. The Morgan fingerprint density at radius 1 is 1.26 bits per heavy atom. The van der Waals surface area contributed by atoms with Gasteiger partial charge in [0, 0.05) is 12.4 Å². The van der Waals surface area contributed by atoms with Gasteiger partial charge >= 0.3 is 0 Å². The zero-order valence-electron chi connectivity index (χ0n) is 10.2. The van der Waals surface area contributed by atoms with Gasteiger partial charge in [-0.15, -0.1) is 10.2 Å². The predicted octanol–water partition coefficient (Wildman–Crippen LogP) is 2.84. The van der Waals surface area contributed by atoms with Crippen LogP contribution in [0.4, 0.5) is 0 Å². The minimum Gasteiger partial charge on any atom is -0.493 e. The van der Waals surface area contributed by atoms with Crippen LogP contribution in [0.5, 0.6) is 5.75 Å². The molecular weight excluding hydrogens is 264 g/mol. The van der Waals surface area contributed by atoms with E-state index < -0.39 is 0 Å². The van der Waals surface area contributed by atoms with Gasteiger partial charge in [0.25, 0.3) is 0 Å². The molecule has 0 fully saturated rings. The number of rotatable bonds is 3. The Morgan fingerprint density at radius 2 is 2.11 bits per heavy atom. The number of para-hydroxylation sites is 1. The summed E-state index contributed by atoms with van der Waals surface area (Å²) in [6.45, 7) is 2.54. The average molecular weight is 275 g/mol. The fourth-order valence-corrected chi connectivity index (χ4v) is 2.10. The van der Waals surface area contributed by atoms with Crippen molar-refractivity contribution in [2.75, 3.05) is 6.61 Å². The van der Waals surface area contributed by atoms with Crippen molar-refractivity contribution in [3.05, 3.63) is 41.8 Å². The maximum absolute atomic E-state index is 5.99. The summed E-state index contributed by atoms with van der Waals surface area (Å²) in [5, 5.41) is 8.57. The second-order valence-corrected chi connectivity index (χ2v) is 4.22. The van der Waals surface area contributed by atoms with Crippen molar-refractivity contribution in [3.63, 3.8) is 0 Å². The molecule has 0 bridgehead atoms. The maximum Gasteiger partial charge on any atom is 0.198 e. The lowest BCUT2D eigenvalue weighted by Crippen LogP contribution is -1.96. The first-order valence-corrected chi connectivity index (χ1v) is 6.26. The minimum atomic E-state index is 0.329. The summed E-state index contributed by atoms with van der Waals surface area (Å²) in [5.41, 5.74) is 1.41. The van der Waals surface area contributed by atoms with Crippen molar-refractivity contribution in [1.29, 1.82) is 0 Å². The summed E-state index contributed by atoms with van der Waals surface area (Å²) in [7, 11) is 0. The Balaban J connectivity index is 2.22. The van der Waals surface area contributed by atoms with Gasteiger partial charge in [0.15, 0.2) is 16.6 Å². The molecule has 0 saturated heterocycles. The smallest absolute Gasteiger partial charge is 0.198 e. The van der Waals surface area contributed by atoms with Gasteiger partial charge in [-0.1, -0.05) is 23.7 Å². The van der Waals surface area contributed by atoms with Crippen LogP contribution in [-0.4, -0.2) is 26.2 Å². The standard InChI is InChI=1S/C13H11ClN4O/c1-2-19-10-6-4-3-5-9(10)12-16-17-13-11(14)15-7-8-18(12)13/h3-8H,2H2,1H3. The van der Waals surface area contributed by atoms with Gasteiger partial charge in [0.1, 0.15) is 5.75 Å². The Labute approximate surface area is 114 Å². The van der Waals surface area contributed by atoms with Crippen molar-refractivity contribution in [2.45, 2.75) is 6.92 Å². The monoisotopic (exact) mass is 274 g/mol. The third kappa shape index (κ3) is 2.02. The minimum absolute atomic E-state index is 0.329. The van der Waals surface area contributed by atoms with Crippen LogP contribution in [0.15, 0.2) is 36.7 Å². The third-order valence-corrected chi connectivity index (χ3v) is 2.98. The number of benzene rings is 1. The van der Waals surface area contributed by atoms with Crippen LogP contribution in [0.2, 0.25) is 5.15 Å². The molecule has 0 aliphatic rings. The molecule has 0 saturated carbocycles. The number of fused-ring (bicyclic) bond motifs is 1. The molecule has 5 nitrogen and oxygen atoms in total. The Morgan fingerprint density at radius 3 is 2.95 bits per heavy atom. The first-order valence-electron chi connectivity index (χ1n) is 5.88. The summed E-state index contributed by atoms with van der Waals surface area (Å²) >= 11 is 5.99. The van der Waals surface area contributed by atoms with E-state index in [9.17, 15) is 0 Å². The molecule has 2 heterocycles. The lowest BCUT2D eigenvalue weighted by atomic mass is 10.2. The molecule has 0 aliphatic carbocycles. The van der Waals surface area contributed by atoms with E-state index in [0.717, 1.165) is 11.3 Å². The molecule has 0 N–H and O–H groups in total.